The van der Waals surface area contributed by atoms with Crippen LogP contribution in [0.15, 0.2) is 48.5 Å². The smallest absolute Gasteiger partial charge is 0.169 e. The molecule has 1 heterocycles. The maximum Gasteiger partial charge on any atom is 0.169 e. The molecule has 0 N–H and O–H groups in total. The summed E-state index contributed by atoms with van der Waals surface area (Å²) in [7, 11) is 0. The molecule has 2 aromatic carbocycles. The molecule has 0 aromatic heterocycles. The maximum absolute atomic E-state index is 6.34. The second kappa shape index (κ2) is 6.04. The van der Waals surface area contributed by atoms with Crippen molar-refractivity contribution in [1.29, 1.82) is 0 Å². The first-order valence-corrected chi connectivity index (χ1v) is 8.19. The minimum Gasteiger partial charge on any atom is -0.471 e. The second-order valence-corrected chi connectivity index (χ2v) is 6.50. The summed E-state index contributed by atoms with van der Waals surface area (Å²) in [5.74, 6) is 1.47. The number of benzene rings is 2. The number of hydrogen-bond donors (Lipinski definition) is 0. The Morgan fingerprint density at radius 1 is 1.00 bits per heavy atom. The van der Waals surface area contributed by atoms with Gasteiger partial charge in [-0.25, -0.2) is 0 Å². The largest absolute Gasteiger partial charge is 0.471 e. The van der Waals surface area contributed by atoms with Crippen LogP contribution < -0.4 is 9.64 Å². The van der Waals surface area contributed by atoms with Crippen LogP contribution in [-0.2, 0) is 6.42 Å². The molecule has 2 atom stereocenters. The third-order valence-electron chi connectivity index (χ3n) is 4.49. The number of rotatable bonds is 4. The maximum atomic E-state index is 6.34. The summed E-state index contributed by atoms with van der Waals surface area (Å²) >= 11 is 0. The summed E-state index contributed by atoms with van der Waals surface area (Å²) in [5.41, 5.74) is 4.00. The molecular formula is C20H25NO. The highest BCUT2D eigenvalue weighted by atomic mass is 16.5. The van der Waals surface area contributed by atoms with Crippen LogP contribution in [0.25, 0.3) is 0 Å². The highest BCUT2D eigenvalue weighted by Crippen LogP contribution is 2.35. The van der Waals surface area contributed by atoms with Crippen LogP contribution in [0.1, 0.15) is 44.7 Å². The molecule has 0 amide bonds. The number of nitrogens with zero attached hydrogens (tertiary/aromatic N) is 1. The van der Waals surface area contributed by atoms with Gasteiger partial charge >= 0.3 is 0 Å². The molecule has 2 nitrogen and oxygen atoms in total. The van der Waals surface area contributed by atoms with Crippen molar-refractivity contribution in [3.8, 4) is 5.75 Å². The van der Waals surface area contributed by atoms with Crippen LogP contribution in [-0.4, -0.2) is 12.3 Å². The molecule has 1 aliphatic rings. The van der Waals surface area contributed by atoms with E-state index < -0.39 is 0 Å². The summed E-state index contributed by atoms with van der Waals surface area (Å²) in [4.78, 5) is 2.40. The van der Waals surface area contributed by atoms with Gasteiger partial charge in [0.25, 0.3) is 0 Å². The van der Waals surface area contributed by atoms with Crippen molar-refractivity contribution < 1.29 is 4.74 Å². The van der Waals surface area contributed by atoms with Crippen molar-refractivity contribution in [1.82, 2.24) is 0 Å². The van der Waals surface area contributed by atoms with Gasteiger partial charge in [-0.15, -0.1) is 0 Å². The number of para-hydroxylation sites is 2. The molecule has 1 aliphatic heterocycles. The lowest BCUT2D eigenvalue weighted by Crippen LogP contribution is -2.41. The number of anilines is 1. The minimum absolute atomic E-state index is 0.0264. The van der Waals surface area contributed by atoms with Gasteiger partial charge in [0.15, 0.2) is 6.23 Å². The Balaban J connectivity index is 1.85. The molecular weight excluding hydrogens is 270 g/mol. The predicted molar refractivity (Wildman–Crippen MR) is 92.7 cm³/mol. The zero-order chi connectivity index (χ0) is 15.7. The molecule has 0 aliphatic carbocycles. The van der Waals surface area contributed by atoms with Gasteiger partial charge in [-0.1, -0.05) is 50.2 Å². The average Bonchev–Trinajstić information content (AvgIpc) is 2.83. The lowest BCUT2D eigenvalue weighted by molar-refractivity contribution is 0.205. The van der Waals surface area contributed by atoms with Crippen LogP contribution in [0.2, 0.25) is 0 Å². The van der Waals surface area contributed by atoms with Crippen LogP contribution in [0.4, 0.5) is 5.69 Å². The lowest BCUT2D eigenvalue weighted by atomic mass is 10.0. The Hall–Kier alpha value is -1.96. The van der Waals surface area contributed by atoms with Crippen molar-refractivity contribution in [3.63, 3.8) is 0 Å². The summed E-state index contributed by atoms with van der Waals surface area (Å²) in [6.45, 7) is 8.84. The minimum atomic E-state index is 0.0264. The van der Waals surface area contributed by atoms with E-state index in [9.17, 15) is 0 Å². The van der Waals surface area contributed by atoms with Crippen molar-refractivity contribution in [2.24, 2.45) is 0 Å². The molecule has 3 rings (SSSR count). The Morgan fingerprint density at radius 2 is 1.68 bits per heavy atom. The van der Waals surface area contributed by atoms with E-state index in [1.54, 1.807) is 0 Å². The third-order valence-corrected chi connectivity index (χ3v) is 4.49. The van der Waals surface area contributed by atoms with Gasteiger partial charge in [0.05, 0.1) is 0 Å². The fraction of sp³-hybridized carbons (Fsp3) is 0.400. The standard InChI is InChI=1S/C20H25NO/c1-14(2)18-10-6-8-12-20(18)22-16(4)21-15(3)13-17-9-5-7-11-19(17)21/h5-12,14-16H,13H2,1-4H3. The summed E-state index contributed by atoms with van der Waals surface area (Å²) in [5, 5.41) is 0. The van der Waals surface area contributed by atoms with E-state index in [2.05, 4.69) is 81.1 Å². The topological polar surface area (TPSA) is 12.5 Å². The van der Waals surface area contributed by atoms with Gasteiger partial charge in [0, 0.05) is 11.7 Å². The summed E-state index contributed by atoms with van der Waals surface area (Å²) in [6, 6.07) is 17.5. The molecule has 116 valence electrons. The Morgan fingerprint density at radius 3 is 2.45 bits per heavy atom. The highest BCUT2D eigenvalue weighted by molar-refractivity contribution is 5.59. The lowest BCUT2D eigenvalue weighted by Gasteiger charge is -2.32. The molecule has 22 heavy (non-hydrogen) atoms. The Bertz CT molecular complexity index is 650. The van der Waals surface area contributed by atoms with Crippen LogP contribution in [0.3, 0.4) is 0 Å². The van der Waals surface area contributed by atoms with Crippen LogP contribution in [0, 0.1) is 0 Å². The van der Waals surface area contributed by atoms with Crippen LogP contribution >= 0.6 is 0 Å². The molecule has 2 heteroatoms. The van der Waals surface area contributed by atoms with Gasteiger partial charge in [-0.05, 0) is 49.4 Å². The zero-order valence-corrected chi connectivity index (χ0v) is 13.9. The average molecular weight is 295 g/mol. The van der Waals surface area contributed by atoms with Gasteiger partial charge in [-0.3, -0.25) is 0 Å². The van der Waals surface area contributed by atoms with Crippen LogP contribution in [0.5, 0.6) is 5.75 Å². The second-order valence-electron chi connectivity index (χ2n) is 6.50. The Kier molecular flexibility index (Phi) is 4.10. The van der Waals surface area contributed by atoms with E-state index in [1.165, 1.54) is 16.8 Å². The SMILES string of the molecule is CC(C)c1ccccc1OC(C)N1c2ccccc2CC1C. The fourth-order valence-corrected chi connectivity index (χ4v) is 3.45. The first-order valence-electron chi connectivity index (χ1n) is 8.19. The summed E-state index contributed by atoms with van der Waals surface area (Å²) < 4.78 is 6.34. The van der Waals surface area contributed by atoms with E-state index >= 15 is 0 Å². The Labute approximate surface area is 133 Å². The van der Waals surface area contributed by atoms with E-state index in [-0.39, 0.29) is 6.23 Å². The fourth-order valence-electron chi connectivity index (χ4n) is 3.45. The third kappa shape index (κ3) is 2.70. The molecule has 0 spiro atoms. The molecule has 0 saturated carbocycles. The van der Waals surface area contributed by atoms with Gasteiger partial charge in [-0.2, -0.15) is 0 Å². The first-order chi connectivity index (χ1) is 10.6. The number of fused-ring (bicyclic) bond motifs is 1. The summed E-state index contributed by atoms with van der Waals surface area (Å²) in [6.07, 6.45) is 1.12. The first kappa shape index (κ1) is 15.0. The van der Waals surface area contributed by atoms with E-state index in [0.29, 0.717) is 12.0 Å². The van der Waals surface area contributed by atoms with Crippen molar-refractivity contribution >= 4 is 5.69 Å². The van der Waals surface area contributed by atoms with E-state index in [1.807, 2.05) is 0 Å². The molecule has 2 unspecified atom stereocenters. The van der Waals surface area contributed by atoms with Crippen molar-refractivity contribution in [3.05, 3.63) is 59.7 Å². The van der Waals surface area contributed by atoms with Crippen molar-refractivity contribution in [2.75, 3.05) is 4.90 Å². The van der Waals surface area contributed by atoms with Gasteiger partial charge in [0.1, 0.15) is 5.75 Å². The normalized spacial score (nSPS) is 18.4. The highest BCUT2D eigenvalue weighted by Gasteiger charge is 2.30. The molecule has 0 radical (unpaired) electrons. The van der Waals surface area contributed by atoms with E-state index in [0.717, 1.165) is 12.2 Å². The van der Waals surface area contributed by atoms with E-state index in [4.69, 9.17) is 4.74 Å². The number of ether oxygens (including phenoxy) is 1. The molecule has 0 fully saturated rings. The predicted octanol–water partition coefficient (Wildman–Crippen LogP) is 4.99. The molecule has 0 saturated heterocycles. The van der Waals surface area contributed by atoms with Gasteiger partial charge < -0.3 is 9.64 Å². The molecule has 2 aromatic rings. The van der Waals surface area contributed by atoms with Crippen molar-refractivity contribution in [2.45, 2.75) is 52.3 Å². The van der Waals surface area contributed by atoms with Gasteiger partial charge in [0.2, 0.25) is 0 Å². The monoisotopic (exact) mass is 295 g/mol. The zero-order valence-electron chi connectivity index (χ0n) is 13.9. The quantitative estimate of drug-likeness (QED) is 0.788. The molecule has 0 bridgehead atoms. The number of hydrogen-bond acceptors (Lipinski definition) is 2.